The summed E-state index contributed by atoms with van der Waals surface area (Å²) in [5, 5.41) is 7.64. The predicted molar refractivity (Wildman–Crippen MR) is 244 cm³/mol. The molecule has 0 aliphatic carbocycles. The van der Waals surface area contributed by atoms with Crippen LogP contribution in [-0.4, -0.2) is 9.13 Å². The van der Waals surface area contributed by atoms with Gasteiger partial charge >= 0.3 is 0 Å². The lowest BCUT2D eigenvalue weighted by molar-refractivity contribution is 1.18. The highest BCUT2D eigenvalue weighted by Gasteiger charge is 2.20. The van der Waals surface area contributed by atoms with Crippen molar-refractivity contribution in [3.63, 3.8) is 0 Å². The highest BCUT2D eigenvalue weighted by molar-refractivity contribution is 7.26. The average molecular weight is 743 g/mol. The summed E-state index contributed by atoms with van der Waals surface area (Å²) in [4.78, 5) is 0. The molecule has 12 rings (SSSR count). The fraction of sp³-hybridized carbons (Fsp3) is 0. The Morgan fingerprint density at radius 1 is 0.316 bits per heavy atom. The van der Waals surface area contributed by atoms with E-state index in [1.54, 1.807) is 0 Å². The van der Waals surface area contributed by atoms with Crippen LogP contribution in [0.3, 0.4) is 0 Å². The first-order valence-electron chi connectivity index (χ1n) is 19.5. The third kappa shape index (κ3) is 4.96. The lowest BCUT2D eigenvalue weighted by Gasteiger charge is -2.11. The van der Waals surface area contributed by atoms with E-state index in [9.17, 15) is 0 Å². The number of fused-ring (bicyclic) bond motifs is 9. The standard InChI is InChI=1S/C54H34N2S/c1-3-14-35(15-4-1)37-18-11-19-40(32-37)55-47-24-9-7-20-42(47)45-33-38(28-30-48(45)55)39-29-31-49-46(34-39)53-41(36-16-5-2-6-17-36)22-12-25-50(53)56(49)51-26-13-23-44-43-21-8-10-27-52(43)57-54(44)51/h1-34H. The molecule has 0 atom stereocenters. The number of aromatic nitrogens is 2. The Morgan fingerprint density at radius 2 is 0.895 bits per heavy atom. The van der Waals surface area contributed by atoms with E-state index in [2.05, 4.69) is 215 Å². The second kappa shape index (κ2) is 12.7. The Balaban J connectivity index is 1.08. The van der Waals surface area contributed by atoms with Crippen LogP contribution in [0.1, 0.15) is 0 Å². The summed E-state index contributed by atoms with van der Waals surface area (Å²) < 4.78 is 7.54. The molecule has 0 N–H and O–H groups in total. The van der Waals surface area contributed by atoms with E-state index in [1.165, 1.54) is 103 Å². The van der Waals surface area contributed by atoms with Gasteiger partial charge in [-0.1, -0.05) is 146 Å². The Hall–Kier alpha value is -7.20. The monoisotopic (exact) mass is 742 g/mol. The van der Waals surface area contributed by atoms with Crippen molar-refractivity contribution in [1.82, 2.24) is 9.13 Å². The summed E-state index contributed by atoms with van der Waals surface area (Å²) in [5.74, 6) is 0. The van der Waals surface area contributed by atoms with Crippen LogP contribution in [0.15, 0.2) is 206 Å². The molecule has 0 unspecified atom stereocenters. The lowest BCUT2D eigenvalue weighted by Crippen LogP contribution is -1.94. The number of nitrogens with zero attached hydrogens (tertiary/aromatic N) is 2. The number of para-hydroxylation sites is 1. The van der Waals surface area contributed by atoms with E-state index < -0.39 is 0 Å². The van der Waals surface area contributed by atoms with E-state index in [1.807, 2.05) is 11.3 Å². The maximum Gasteiger partial charge on any atom is 0.0640 e. The molecular formula is C54H34N2S. The summed E-state index contributed by atoms with van der Waals surface area (Å²) in [5.41, 5.74) is 14.5. The predicted octanol–water partition coefficient (Wildman–Crippen LogP) is 15.2. The third-order valence-corrected chi connectivity index (χ3v) is 12.9. The lowest BCUT2D eigenvalue weighted by atomic mass is 9.97. The van der Waals surface area contributed by atoms with E-state index in [-0.39, 0.29) is 0 Å². The first kappa shape index (κ1) is 32.1. The molecule has 0 amide bonds. The Labute approximate surface area is 333 Å². The molecule has 0 aliphatic rings. The summed E-state index contributed by atoms with van der Waals surface area (Å²) in [7, 11) is 0. The quantitative estimate of drug-likeness (QED) is 0.166. The van der Waals surface area contributed by atoms with Gasteiger partial charge in [0.2, 0.25) is 0 Å². The minimum absolute atomic E-state index is 1.16. The van der Waals surface area contributed by atoms with E-state index in [0.29, 0.717) is 0 Å². The minimum atomic E-state index is 1.16. The summed E-state index contributed by atoms with van der Waals surface area (Å²) in [6.07, 6.45) is 0. The van der Waals surface area contributed by atoms with Gasteiger partial charge in [-0.2, -0.15) is 0 Å². The van der Waals surface area contributed by atoms with Gasteiger partial charge in [0.1, 0.15) is 0 Å². The molecule has 3 aromatic heterocycles. The maximum atomic E-state index is 2.50. The number of thiophene rings is 1. The van der Waals surface area contributed by atoms with Crippen molar-refractivity contribution in [3.8, 4) is 44.8 Å². The maximum absolute atomic E-state index is 2.50. The molecule has 0 saturated carbocycles. The van der Waals surface area contributed by atoms with E-state index in [4.69, 9.17) is 0 Å². The van der Waals surface area contributed by atoms with Gasteiger partial charge in [-0.3, -0.25) is 0 Å². The molecule has 57 heavy (non-hydrogen) atoms. The largest absolute Gasteiger partial charge is 0.309 e. The van der Waals surface area contributed by atoms with Crippen molar-refractivity contribution < 1.29 is 0 Å². The smallest absolute Gasteiger partial charge is 0.0640 e. The summed E-state index contributed by atoms with van der Waals surface area (Å²) in [6.45, 7) is 0. The molecule has 0 fully saturated rings. The topological polar surface area (TPSA) is 9.86 Å². The van der Waals surface area contributed by atoms with Gasteiger partial charge in [0.15, 0.2) is 0 Å². The van der Waals surface area contributed by atoms with Crippen LogP contribution in [0.25, 0.3) is 109 Å². The van der Waals surface area contributed by atoms with Gasteiger partial charge in [0, 0.05) is 42.7 Å². The van der Waals surface area contributed by atoms with E-state index in [0.717, 1.165) is 5.69 Å². The highest BCUT2D eigenvalue weighted by Crippen LogP contribution is 2.44. The van der Waals surface area contributed by atoms with Crippen molar-refractivity contribution in [2.24, 2.45) is 0 Å². The Morgan fingerprint density at radius 3 is 1.72 bits per heavy atom. The van der Waals surface area contributed by atoms with Crippen LogP contribution in [0.5, 0.6) is 0 Å². The van der Waals surface area contributed by atoms with Crippen molar-refractivity contribution in [2.45, 2.75) is 0 Å². The molecule has 266 valence electrons. The Kier molecular flexibility index (Phi) is 7.13. The van der Waals surface area contributed by atoms with Crippen LogP contribution in [0, 0.1) is 0 Å². The summed E-state index contributed by atoms with van der Waals surface area (Å²) in [6, 6.07) is 75.6. The van der Waals surface area contributed by atoms with Crippen molar-refractivity contribution >= 4 is 75.1 Å². The van der Waals surface area contributed by atoms with Gasteiger partial charge in [-0.25, -0.2) is 0 Å². The van der Waals surface area contributed by atoms with Gasteiger partial charge < -0.3 is 9.13 Å². The van der Waals surface area contributed by atoms with Crippen molar-refractivity contribution in [3.05, 3.63) is 206 Å². The fourth-order valence-corrected chi connectivity index (χ4v) is 10.4. The number of hydrogen-bond donors (Lipinski definition) is 0. The second-order valence-electron chi connectivity index (χ2n) is 14.9. The van der Waals surface area contributed by atoms with E-state index >= 15 is 0 Å². The van der Waals surface area contributed by atoms with Crippen LogP contribution in [-0.2, 0) is 0 Å². The molecule has 0 bridgehead atoms. The first-order valence-corrected chi connectivity index (χ1v) is 20.3. The molecular weight excluding hydrogens is 709 g/mol. The number of rotatable bonds is 5. The Bertz CT molecular complexity index is 3510. The zero-order chi connectivity index (χ0) is 37.5. The molecule has 0 spiro atoms. The van der Waals surface area contributed by atoms with Crippen LogP contribution < -0.4 is 0 Å². The van der Waals surface area contributed by atoms with Gasteiger partial charge in [0.25, 0.3) is 0 Å². The molecule has 0 aliphatic heterocycles. The zero-order valence-corrected chi connectivity index (χ0v) is 31.7. The molecule has 2 nitrogen and oxygen atoms in total. The number of benzene rings is 9. The average Bonchev–Trinajstić information content (AvgIpc) is 3.94. The third-order valence-electron chi connectivity index (χ3n) is 11.7. The van der Waals surface area contributed by atoms with Crippen LogP contribution >= 0.6 is 11.3 Å². The van der Waals surface area contributed by atoms with Crippen LogP contribution in [0.4, 0.5) is 0 Å². The van der Waals surface area contributed by atoms with Crippen LogP contribution in [0.2, 0.25) is 0 Å². The first-order chi connectivity index (χ1) is 28.3. The highest BCUT2D eigenvalue weighted by atomic mass is 32.1. The second-order valence-corrected chi connectivity index (χ2v) is 15.9. The van der Waals surface area contributed by atoms with Gasteiger partial charge in [-0.05, 0) is 94.0 Å². The van der Waals surface area contributed by atoms with Crippen molar-refractivity contribution in [1.29, 1.82) is 0 Å². The molecule has 0 radical (unpaired) electrons. The molecule has 3 heteroatoms. The zero-order valence-electron chi connectivity index (χ0n) is 30.9. The normalized spacial score (nSPS) is 11.9. The van der Waals surface area contributed by atoms with Crippen molar-refractivity contribution in [2.75, 3.05) is 0 Å². The molecule has 12 aromatic rings. The molecule has 9 aromatic carbocycles. The molecule has 0 saturated heterocycles. The number of hydrogen-bond acceptors (Lipinski definition) is 1. The molecule has 3 heterocycles. The van der Waals surface area contributed by atoms with Gasteiger partial charge in [0.05, 0.1) is 32.5 Å². The van der Waals surface area contributed by atoms with Gasteiger partial charge in [-0.15, -0.1) is 11.3 Å². The summed E-state index contributed by atoms with van der Waals surface area (Å²) >= 11 is 1.88. The fourth-order valence-electron chi connectivity index (χ4n) is 9.16. The SMILES string of the molecule is c1ccc(-c2cccc(-n3c4ccccc4c4cc(-c5ccc6c(c5)c5c(-c7ccccc7)cccc5n6-c5cccc6c5sc5ccccc56)ccc43)c2)cc1. The minimum Gasteiger partial charge on any atom is -0.309 e.